The van der Waals surface area contributed by atoms with Gasteiger partial charge in [-0.1, -0.05) is 39.3 Å². The van der Waals surface area contributed by atoms with Crippen LogP contribution in [-0.2, 0) is 6.42 Å². The van der Waals surface area contributed by atoms with Crippen LogP contribution >= 0.6 is 11.6 Å². The lowest BCUT2D eigenvalue weighted by Crippen LogP contribution is -2.37. The molecule has 1 N–H and O–H groups in total. The SMILES string of the molecule is CCc1nc(Cl)c(C)c(NC(CC)(CC)CC)n1. The zero-order valence-electron chi connectivity index (χ0n) is 12.1. The van der Waals surface area contributed by atoms with Gasteiger partial charge in [-0.15, -0.1) is 0 Å². The Kier molecular flexibility index (Phi) is 5.39. The molecule has 0 aliphatic heterocycles. The van der Waals surface area contributed by atoms with E-state index in [1.807, 2.05) is 13.8 Å². The van der Waals surface area contributed by atoms with Crippen molar-refractivity contribution in [1.29, 1.82) is 0 Å². The molecule has 0 fully saturated rings. The molecule has 0 bridgehead atoms. The molecule has 3 nitrogen and oxygen atoms in total. The fourth-order valence-corrected chi connectivity index (χ4v) is 2.27. The lowest BCUT2D eigenvalue weighted by molar-refractivity contribution is 0.418. The van der Waals surface area contributed by atoms with E-state index in [1.54, 1.807) is 0 Å². The maximum absolute atomic E-state index is 6.17. The number of nitrogens with one attached hydrogen (secondary N) is 1. The lowest BCUT2D eigenvalue weighted by atomic mass is 9.89. The average molecular weight is 270 g/mol. The number of nitrogens with zero attached hydrogens (tertiary/aromatic N) is 2. The predicted octanol–water partition coefficient (Wildman–Crippen LogP) is 4.38. The molecule has 0 saturated heterocycles. The zero-order valence-corrected chi connectivity index (χ0v) is 12.9. The highest BCUT2D eigenvalue weighted by molar-refractivity contribution is 6.30. The third-order valence-corrected chi connectivity index (χ3v) is 4.23. The highest BCUT2D eigenvalue weighted by atomic mass is 35.5. The van der Waals surface area contributed by atoms with Crippen molar-refractivity contribution in [3.8, 4) is 0 Å². The minimum Gasteiger partial charge on any atom is -0.364 e. The highest BCUT2D eigenvalue weighted by Crippen LogP contribution is 2.28. The van der Waals surface area contributed by atoms with E-state index in [9.17, 15) is 0 Å². The second-order valence-corrected chi connectivity index (χ2v) is 5.08. The third-order valence-electron chi connectivity index (χ3n) is 3.86. The van der Waals surface area contributed by atoms with Gasteiger partial charge in [0.15, 0.2) is 0 Å². The largest absolute Gasteiger partial charge is 0.364 e. The Morgan fingerprint density at radius 3 is 2.06 bits per heavy atom. The summed E-state index contributed by atoms with van der Waals surface area (Å²) in [5.41, 5.74) is 1.04. The second-order valence-electron chi connectivity index (χ2n) is 4.72. The van der Waals surface area contributed by atoms with E-state index in [1.165, 1.54) is 0 Å². The van der Waals surface area contributed by atoms with E-state index >= 15 is 0 Å². The molecule has 0 radical (unpaired) electrons. The average Bonchev–Trinajstić information content (AvgIpc) is 2.40. The Balaban J connectivity index is 3.13. The Labute approximate surface area is 115 Å². The quantitative estimate of drug-likeness (QED) is 0.779. The predicted molar refractivity (Wildman–Crippen MR) is 78.4 cm³/mol. The molecule has 1 heterocycles. The summed E-state index contributed by atoms with van der Waals surface area (Å²) in [5.74, 6) is 1.68. The van der Waals surface area contributed by atoms with Crippen molar-refractivity contribution in [2.45, 2.75) is 65.8 Å². The molecule has 0 aliphatic carbocycles. The minimum absolute atomic E-state index is 0.105. The molecule has 18 heavy (non-hydrogen) atoms. The number of hydrogen-bond acceptors (Lipinski definition) is 3. The van der Waals surface area contributed by atoms with Gasteiger partial charge in [0.25, 0.3) is 0 Å². The molecule has 1 aromatic rings. The summed E-state index contributed by atoms with van der Waals surface area (Å²) >= 11 is 6.17. The summed E-state index contributed by atoms with van der Waals surface area (Å²) in [7, 11) is 0. The molecule has 1 aromatic heterocycles. The van der Waals surface area contributed by atoms with Crippen LogP contribution in [0.25, 0.3) is 0 Å². The lowest BCUT2D eigenvalue weighted by Gasteiger charge is -2.33. The molecule has 0 spiro atoms. The smallest absolute Gasteiger partial charge is 0.137 e. The Bertz CT molecular complexity index is 392. The maximum atomic E-state index is 6.17. The molecule has 0 atom stereocenters. The Hall–Kier alpha value is -0.830. The van der Waals surface area contributed by atoms with Gasteiger partial charge in [0, 0.05) is 17.5 Å². The number of anilines is 1. The van der Waals surface area contributed by atoms with Crippen molar-refractivity contribution >= 4 is 17.4 Å². The zero-order chi connectivity index (χ0) is 13.8. The summed E-state index contributed by atoms with van der Waals surface area (Å²) in [6, 6.07) is 0. The molecular formula is C14H24ClN3. The van der Waals surface area contributed by atoms with Gasteiger partial charge in [0.05, 0.1) is 0 Å². The van der Waals surface area contributed by atoms with Crippen LogP contribution in [0.5, 0.6) is 0 Å². The molecule has 0 aliphatic rings. The summed E-state index contributed by atoms with van der Waals surface area (Å²) in [6.45, 7) is 10.6. The molecule has 0 amide bonds. The summed E-state index contributed by atoms with van der Waals surface area (Å²) in [4.78, 5) is 8.85. The van der Waals surface area contributed by atoms with Gasteiger partial charge in [0.1, 0.15) is 16.8 Å². The summed E-state index contributed by atoms with van der Waals surface area (Å²) < 4.78 is 0. The number of aromatic nitrogens is 2. The van der Waals surface area contributed by atoms with Crippen molar-refractivity contribution in [3.63, 3.8) is 0 Å². The molecule has 0 saturated carbocycles. The topological polar surface area (TPSA) is 37.8 Å². The molecule has 0 aromatic carbocycles. The van der Waals surface area contributed by atoms with Crippen LogP contribution in [0.1, 0.15) is 58.3 Å². The van der Waals surface area contributed by atoms with E-state index in [2.05, 4.69) is 36.1 Å². The van der Waals surface area contributed by atoms with Crippen molar-refractivity contribution in [1.82, 2.24) is 9.97 Å². The summed E-state index contributed by atoms with van der Waals surface area (Å²) in [6.07, 6.45) is 4.01. The van der Waals surface area contributed by atoms with Crippen LogP contribution in [0.2, 0.25) is 5.15 Å². The maximum Gasteiger partial charge on any atom is 0.137 e. The van der Waals surface area contributed by atoms with Gasteiger partial charge in [-0.25, -0.2) is 9.97 Å². The fourth-order valence-electron chi connectivity index (χ4n) is 2.08. The van der Waals surface area contributed by atoms with Gasteiger partial charge in [-0.3, -0.25) is 0 Å². The van der Waals surface area contributed by atoms with Gasteiger partial charge in [-0.05, 0) is 26.2 Å². The van der Waals surface area contributed by atoms with E-state index < -0.39 is 0 Å². The minimum atomic E-state index is 0.105. The number of halogens is 1. The van der Waals surface area contributed by atoms with Crippen LogP contribution in [-0.4, -0.2) is 15.5 Å². The molecule has 102 valence electrons. The highest BCUT2D eigenvalue weighted by Gasteiger charge is 2.25. The summed E-state index contributed by atoms with van der Waals surface area (Å²) in [5, 5.41) is 4.15. The number of aryl methyl sites for hydroxylation is 1. The van der Waals surface area contributed by atoms with Gasteiger partial charge in [-0.2, -0.15) is 0 Å². The molecular weight excluding hydrogens is 246 g/mol. The first kappa shape index (κ1) is 15.2. The standard InChI is InChI=1S/C14H24ClN3/c1-6-11-16-12(15)10(5)13(17-11)18-14(7-2,8-3)9-4/h6-9H2,1-5H3,(H,16,17,18). The van der Waals surface area contributed by atoms with Gasteiger partial charge >= 0.3 is 0 Å². The number of rotatable bonds is 6. The molecule has 1 rings (SSSR count). The number of hydrogen-bond donors (Lipinski definition) is 1. The normalized spacial score (nSPS) is 11.7. The van der Waals surface area contributed by atoms with Crippen molar-refractivity contribution in [2.75, 3.05) is 5.32 Å². The van der Waals surface area contributed by atoms with E-state index in [0.29, 0.717) is 5.15 Å². The van der Waals surface area contributed by atoms with Gasteiger partial charge in [0.2, 0.25) is 0 Å². The third kappa shape index (κ3) is 3.14. The van der Waals surface area contributed by atoms with Crippen LogP contribution in [0.3, 0.4) is 0 Å². The van der Waals surface area contributed by atoms with Crippen molar-refractivity contribution < 1.29 is 0 Å². The van der Waals surface area contributed by atoms with Crippen molar-refractivity contribution in [3.05, 3.63) is 16.5 Å². The Morgan fingerprint density at radius 2 is 1.61 bits per heavy atom. The first-order valence-electron chi connectivity index (χ1n) is 6.83. The van der Waals surface area contributed by atoms with Crippen LogP contribution in [0.4, 0.5) is 5.82 Å². The monoisotopic (exact) mass is 269 g/mol. The first-order chi connectivity index (χ1) is 8.51. The van der Waals surface area contributed by atoms with E-state index in [4.69, 9.17) is 11.6 Å². The second kappa shape index (κ2) is 6.37. The fraction of sp³-hybridized carbons (Fsp3) is 0.714. The van der Waals surface area contributed by atoms with Crippen molar-refractivity contribution in [2.24, 2.45) is 0 Å². The first-order valence-corrected chi connectivity index (χ1v) is 7.20. The molecule has 0 unspecified atom stereocenters. The molecule has 4 heteroatoms. The van der Waals surface area contributed by atoms with Gasteiger partial charge < -0.3 is 5.32 Å². The van der Waals surface area contributed by atoms with E-state index in [0.717, 1.165) is 42.9 Å². The Morgan fingerprint density at radius 1 is 1.06 bits per heavy atom. The van der Waals surface area contributed by atoms with Crippen LogP contribution in [0, 0.1) is 6.92 Å². The van der Waals surface area contributed by atoms with Crippen LogP contribution in [0.15, 0.2) is 0 Å². The van der Waals surface area contributed by atoms with Crippen LogP contribution < -0.4 is 5.32 Å². The van der Waals surface area contributed by atoms with E-state index in [-0.39, 0.29) is 5.54 Å².